The molecule has 0 saturated heterocycles. The second-order valence-corrected chi connectivity index (χ2v) is 5.18. The molecule has 1 heterocycles. The summed E-state index contributed by atoms with van der Waals surface area (Å²) in [5.74, 6) is 0.652. The maximum absolute atomic E-state index is 9.65. The minimum absolute atomic E-state index is 0.157. The first-order valence-electron chi connectivity index (χ1n) is 5.90. The molecule has 0 unspecified atom stereocenters. The molecule has 1 aromatic heterocycles. The molecule has 3 nitrogen and oxygen atoms in total. The summed E-state index contributed by atoms with van der Waals surface area (Å²) in [6, 6.07) is 13.0. The van der Waals surface area contributed by atoms with E-state index in [-0.39, 0.29) is 5.75 Å². The number of phenols is 1. The highest BCUT2D eigenvalue weighted by Gasteiger charge is 2.06. The highest BCUT2D eigenvalue weighted by molar-refractivity contribution is 9.10. The number of halogens is 1. The van der Waals surface area contributed by atoms with Gasteiger partial charge in [0.15, 0.2) is 11.5 Å². The topological polar surface area (TPSA) is 45.2 Å². The molecule has 0 aliphatic carbocycles. The van der Waals surface area contributed by atoms with Crippen molar-refractivity contribution in [3.63, 3.8) is 0 Å². The molecule has 0 spiro atoms. The van der Waals surface area contributed by atoms with Gasteiger partial charge >= 0.3 is 0 Å². The SMILES string of the molecule is Oc1ccccc1OCc1c[nH]c2cc(Br)ccc12. The predicted molar refractivity (Wildman–Crippen MR) is 78.4 cm³/mol. The number of hydrogen-bond acceptors (Lipinski definition) is 2. The second kappa shape index (κ2) is 4.97. The van der Waals surface area contributed by atoms with Crippen LogP contribution in [0.5, 0.6) is 11.5 Å². The van der Waals surface area contributed by atoms with Gasteiger partial charge in [0.2, 0.25) is 0 Å². The van der Waals surface area contributed by atoms with E-state index in [4.69, 9.17) is 4.74 Å². The van der Waals surface area contributed by atoms with Crippen LogP contribution in [0.15, 0.2) is 53.1 Å². The van der Waals surface area contributed by atoms with Crippen LogP contribution < -0.4 is 4.74 Å². The molecule has 2 aromatic carbocycles. The van der Waals surface area contributed by atoms with Crippen molar-refractivity contribution in [2.45, 2.75) is 6.61 Å². The minimum atomic E-state index is 0.157. The van der Waals surface area contributed by atoms with Crippen LogP contribution in [0.25, 0.3) is 10.9 Å². The van der Waals surface area contributed by atoms with E-state index in [9.17, 15) is 5.11 Å². The van der Waals surface area contributed by atoms with Crippen LogP contribution in [-0.4, -0.2) is 10.1 Å². The molecule has 0 amide bonds. The van der Waals surface area contributed by atoms with Crippen molar-refractivity contribution in [1.29, 1.82) is 0 Å². The fraction of sp³-hybridized carbons (Fsp3) is 0.0667. The Labute approximate surface area is 119 Å². The molecule has 96 valence electrons. The van der Waals surface area contributed by atoms with Crippen LogP contribution in [0.3, 0.4) is 0 Å². The van der Waals surface area contributed by atoms with E-state index in [1.165, 1.54) is 0 Å². The van der Waals surface area contributed by atoms with Crippen molar-refractivity contribution in [1.82, 2.24) is 4.98 Å². The summed E-state index contributed by atoms with van der Waals surface area (Å²) in [7, 11) is 0. The highest BCUT2D eigenvalue weighted by atomic mass is 79.9. The lowest BCUT2D eigenvalue weighted by Crippen LogP contribution is -1.94. The monoisotopic (exact) mass is 317 g/mol. The molecule has 0 radical (unpaired) electrons. The van der Waals surface area contributed by atoms with E-state index >= 15 is 0 Å². The Morgan fingerprint density at radius 2 is 2.00 bits per heavy atom. The number of hydrogen-bond donors (Lipinski definition) is 2. The third kappa shape index (κ3) is 2.44. The zero-order valence-electron chi connectivity index (χ0n) is 10.1. The van der Waals surface area contributed by atoms with Crippen LogP contribution >= 0.6 is 15.9 Å². The van der Waals surface area contributed by atoms with E-state index in [1.54, 1.807) is 18.2 Å². The molecule has 0 aliphatic rings. The smallest absolute Gasteiger partial charge is 0.161 e. The largest absolute Gasteiger partial charge is 0.504 e. The van der Waals surface area contributed by atoms with E-state index < -0.39 is 0 Å². The van der Waals surface area contributed by atoms with Crippen LogP contribution in [0.4, 0.5) is 0 Å². The Kier molecular flexibility index (Phi) is 3.17. The van der Waals surface area contributed by atoms with Crippen LogP contribution in [-0.2, 0) is 6.61 Å². The molecule has 3 rings (SSSR count). The molecule has 0 aliphatic heterocycles. The van der Waals surface area contributed by atoms with Crippen molar-refractivity contribution >= 4 is 26.8 Å². The van der Waals surface area contributed by atoms with Gasteiger partial charge in [-0.3, -0.25) is 0 Å². The lowest BCUT2D eigenvalue weighted by molar-refractivity contribution is 0.290. The van der Waals surface area contributed by atoms with Gasteiger partial charge in [0.05, 0.1) is 0 Å². The normalized spacial score (nSPS) is 10.8. The molecule has 19 heavy (non-hydrogen) atoms. The first-order valence-corrected chi connectivity index (χ1v) is 6.69. The van der Waals surface area contributed by atoms with E-state index in [1.807, 2.05) is 30.5 Å². The third-order valence-corrected chi connectivity index (χ3v) is 3.47. The standard InChI is InChI=1S/C15H12BrNO2/c16-11-5-6-12-10(8-17-13(12)7-11)9-19-15-4-2-1-3-14(15)18/h1-8,17-18H,9H2. The first kappa shape index (κ1) is 12.1. The van der Waals surface area contributed by atoms with Crippen molar-refractivity contribution in [2.24, 2.45) is 0 Å². The summed E-state index contributed by atoms with van der Waals surface area (Å²) < 4.78 is 6.67. The van der Waals surface area contributed by atoms with Gasteiger partial charge in [-0.1, -0.05) is 34.1 Å². The fourth-order valence-electron chi connectivity index (χ4n) is 2.01. The minimum Gasteiger partial charge on any atom is -0.504 e. The zero-order chi connectivity index (χ0) is 13.2. The first-order chi connectivity index (χ1) is 9.24. The van der Waals surface area contributed by atoms with Gasteiger partial charge < -0.3 is 14.8 Å². The predicted octanol–water partition coefficient (Wildman–Crippen LogP) is 4.22. The van der Waals surface area contributed by atoms with Gasteiger partial charge in [-0.25, -0.2) is 0 Å². The number of benzene rings is 2. The number of aromatic nitrogens is 1. The quantitative estimate of drug-likeness (QED) is 0.759. The third-order valence-electron chi connectivity index (χ3n) is 2.98. The average Bonchev–Trinajstić information content (AvgIpc) is 2.80. The zero-order valence-corrected chi connectivity index (χ0v) is 11.6. The van der Waals surface area contributed by atoms with Gasteiger partial charge in [-0.05, 0) is 24.3 Å². The van der Waals surface area contributed by atoms with Crippen molar-refractivity contribution in [2.75, 3.05) is 0 Å². The van der Waals surface area contributed by atoms with Gasteiger partial charge in [0.25, 0.3) is 0 Å². The molecule has 0 bridgehead atoms. The maximum Gasteiger partial charge on any atom is 0.161 e. The molecule has 0 atom stereocenters. The van der Waals surface area contributed by atoms with E-state index in [0.717, 1.165) is 20.9 Å². The number of phenolic OH excluding ortho intramolecular Hbond substituents is 1. The Hall–Kier alpha value is -1.94. The van der Waals surface area contributed by atoms with Gasteiger partial charge in [0, 0.05) is 27.1 Å². The number of nitrogens with one attached hydrogen (secondary N) is 1. The van der Waals surface area contributed by atoms with Crippen molar-refractivity contribution < 1.29 is 9.84 Å². The molecule has 3 aromatic rings. The fourth-order valence-corrected chi connectivity index (χ4v) is 2.37. The summed E-state index contributed by atoms with van der Waals surface area (Å²) >= 11 is 3.44. The van der Waals surface area contributed by atoms with E-state index in [0.29, 0.717) is 12.4 Å². The summed E-state index contributed by atoms with van der Waals surface area (Å²) in [4.78, 5) is 3.21. The maximum atomic E-state index is 9.65. The summed E-state index contributed by atoms with van der Waals surface area (Å²) in [5, 5.41) is 10.8. The molecule has 2 N–H and O–H groups in total. The average molecular weight is 318 g/mol. The molecule has 0 fully saturated rings. The van der Waals surface area contributed by atoms with Crippen LogP contribution in [0, 0.1) is 0 Å². The van der Waals surface area contributed by atoms with E-state index in [2.05, 4.69) is 20.9 Å². The number of rotatable bonds is 3. The molecular formula is C15H12BrNO2. The van der Waals surface area contributed by atoms with Gasteiger partial charge in [-0.2, -0.15) is 0 Å². The lowest BCUT2D eigenvalue weighted by atomic mass is 10.2. The van der Waals surface area contributed by atoms with Crippen LogP contribution in [0.2, 0.25) is 0 Å². The molecule has 4 heteroatoms. The molecular weight excluding hydrogens is 306 g/mol. The summed E-state index contributed by atoms with van der Waals surface area (Å²) in [5.41, 5.74) is 2.12. The Morgan fingerprint density at radius 3 is 2.84 bits per heavy atom. The van der Waals surface area contributed by atoms with Gasteiger partial charge in [-0.15, -0.1) is 0 Å². The number of aromatic hydroxyl groups is 1. The highest BCUT2D eigenvalue weighted by Crippen LogP contribution is 2.27. The number of fused-ring (bicyclic) bond motifs is 1. The van der Waals surface area contributed by atoms with Gasteiger partial charge in [0.1, 0.15) is 6.61 Å². The number of aromatic amines is 1. The number of para-hydroxylation sites is 2. The van der Waals surface area contributed by atoms with Crippen molar-refractivity contribution in [3.8, 4) is 11.5 Å². The Bertz CT molecular complexity index is 721. The number of ether oxygens (including phenoxy) is 1. The Balaban J connectivity index is 1.84. The number of H-pyrrole nitrogens is 1. The van der Waals surface area contributed by atoms with Crippen LogP contribution in [0.1, 0.15) is 5.56 Å². The Morgan fingerprint density at radius 1 is 1.16 bits per heavy atom. The lowest BCUT2D eigenvalue weighted by Gasteiger charge is -2.06. The summed E-state index contributed by atoms with van der Waals surface area (Å²) in [6.45, 7) is 0.416. The summed E-state index contributed by atoms with van der Waals surface area (Å²) in [6.07, 6.45) is 1.93. The molecule has 0 saturated carbocycles. The second-order valence-electron chi connectivity index (χ2n) is 4.26. The van der Waals surface area contributed by atoms with Crippen molar-refractivity contribution in [3.05, 3.63) is 58.7 Å².